The zero-order chi connectivity index (χ0) is 18.3. The summed E-state index contributed by atoms with van der Waals surface area (Å²) in [5.41, 5.74) is 4.25. The van der Waals surface area contributed by atoms with Gasteiger partial charge in [-0.05, 0) is 50.1 Å². The molecule has 1 amide bonds. The lowest BCUT2D eigenvalue weighted by molar-refractivity contribution is 0.0998. The number of nitrogens with one attached hydrogen (secondary N) is 1. The SMILES string of the molecule is Cc1ccc(C)c2c(C)c(C(=O)Nc3cccnc3-n3cccn3)oc12. The summed E-state index contributed by atoms with van der Waals surface area (Å²) >= 11 is 0. The minimum absolute atomic E-state index is 0.307. The Bertz CT molecular complexity index is 1110. The van der Waals surface area contributed by atoms with E-state index in [2.05, 4.69) is 15.4 Å². The second-order valence-corrected chi connectivity index (χ2v) is 6.24. The first-order chi connectivity index (χ1) is 12.6. The van der Waals surface area contributed by atoms with Crippen molar-refractivity contribution in [1.82, 2.24) is 14.8 Å². The molecule has 0 bridgehead atoms. The number of benzene rings is 1. The first-order valence-electron chi connectivity index (χ1n) is 8.32. The number of anilines is 1. The van der Waals surface area contributed by atoms with Crippen molar-refractivity contribution in [2.75, 3.05) is 5.32 Å². The highest BCUT2D eigenvalue weighted by molar-refractivity contribution is 6.07. The highest BCUT2D eigenvalue weighted by Gasteiger charge is 2.21. The monoisotopic (exact) mass is 346 g/mol. The molecule has 130 valence electrons. The van der Waals surface area contributed by atoms with Gasteiger partial charge in [-0.25, -0.2) is 9.67 Å². The molecule has 3 heterocycles. The Kier molecular flexibility index (Phi) is 3.80. The van der Waals surface area contributed by atoms with Crippen LogP contribution in [0.4, 0.5) is 5.69 Å². The molecule has 0 fully saturated rings. The second-order valence-electron chi connectivity index (χ2n) is 6.24. The number of amides is 1. The van der Waals surface area contributed by atoms with Gasteiger partial charge in [-0.1, -0.05) is 12.1 Å². The van der Waals surface area contributed by atoms with Crippen LogP contribution >= 0.6 is 0 Å². The van der Waals surface area contributed by atoms with Crippen LogP contribution < -0.4 is 5.32 Å². The van der Waals surface area contributed by atoms with Crippen LogP contribution in [0.25, 0.3) is 16.8 Å². The maximum Gasteiger partial charge on any atom is 0.291 e. The summed E-state index contributed by atoms with van der Waals surface area (Å²) in [7, 11) is 0. The highest BCUT2D eigenvalue weighted by Crippen LogP contribution is 2.31. The summed E-state index contributed by atoms with van der Waals surface area (Å²) in [5, 5.41) is 8.08. The number of carbonyl (C=O) groups is 1. The molecule has 0 unspecified atom stereocenters. The van der Waals surface area contributed by atoms with Crippen LogP contribution in [0.3, 0.4) is 0 Å². The minimum Gasteiger partial charge on any atom is -0.450 e. The molecule has 4 aromatic rings. The molecule has 26 heavy (non-hydrogen) atoms. The summed E-state index contributed by atoms with van der Waals surface area (Å²) in [4.78, 5) is 17.2. The number of hydrogen-bond donors (Lipinski definition) is 1. The number of nitrogens with zero attached hydrogens (tertiary/aromatic N) is 3. The van der Waals surface area contributed by atoms with Gasteiger partial charge in [-0.3, -0.25) is 4.79 Å². The third-order valence-corrected chi connectivity index (χ3v) is 4.45. The van der Waals surface area contributed by atoms with Crippen LogP contribution in [-0.4, -0.2) is 20.7 Å². The van der Waals surface area contributed by atoms with E-state index in [4.69, 9.17) is 4.42 Å². The number of hydrogen-bond acceptors (Lipinski definition) is 4. The molecule has 0 aliphatic carbocycles. The van der Waals surface area contributed by atoms with Crippen molar-refractivity contribution in [2.24, 2.45) is 0 Å². The maximum absolute atomic E-state index is 12.9. The van der Waals surface area contributed by atoms with E-state index in [1.807, 2.05) is 32.9 Å². The lowest BCUT2D eigenvalue weighted by Crippen LogP contribution is -2.15. The molecule has 0 radical (unpaired) electrons. The number of carbonyl (C=O) groups excluding carboxylic acids is 1. The molecule has 0 spiro atoms. The molecule has 6 heteroatoms. The largest absolute Gasteiger partial charge is 0.450 e. The molecule has 6 nitrogen and oxygen atoms in total. The number of aryl methyl sites for hydroxylation is 3. The summed E-state index contributed by atoms with van der Waals surface area (Å²) in [6.07, 6.45) is 5.10. The smallest absolute Gasteiger partial charge is 0.291 e. The van der Waals surface area contributed by atoms with Crippen molar-refractivity contribution >= 4 is 22.6 Å². The standard InChI is InChI=1S/C20H18N4O2/c1-12-7-8-13(2)17-16(12)14(3)18(26-17)20(25)23-15-6-4-9-21-19(15)24-11-5-10-22-24/h4-11H,1-3H3,(H,23,25). The topological polar surface area (TPSA) is 73.0 Å². The van der Waals surface area contributed by atoms with Crippen LogP contribution in [0, 0.1) is 20.8 Å². The molecule has 0 aliphatic rings. The molecule has 4 rings (SSSR count). The lowest BCUT2D eigenvalue weighted by atomic mass is 10.0. The van der Waals surface area contributed by atoms with Gasteiger partial charge in [0.2, 0.25) is 0 Å². The Morgan fingerprint density at radius 3 is 2.62 bits per heavy atom. The van der Waals surface area contributed by atoms with Gasteiger partial charge in [-0.2, -0.15) is 5.10 Å². The van der Waals surface area contributed by atoms with E-state index in [9.17, 15) is 4.79 Å². The van der Waals surface area contributed by atoms with Crippen LogP contribution in [-0.2, 0) is 0 Å². The zero-order valence-electron chi connectivity index (χ0n) is 14.8. The number of rotatable bonds is 3. The van der Waals surface area contributed by atoms with Crippen molar-refractivity contribution in [2.45, 2.75) is 20.8 Å². The van der Waals surface area contributed by atoms with E-state index >= 15 is 0 Å². The van der Waals surface area contributed by atoms with Crippen LogP contribution in [0.5, 0.6) is 0 Å². The maximum atomic E-state index is 12.9. The Hall–Kier alpha value is -3.41. The van der Waals surface area contributed by atoms with E-state index in [0.29, 0.717) is 17.3 Å². The summed E-state index contributed by atoms with van der Waals surface area (Å²) in [5.74, 6) is 0.554. The van der Waals surface area contributed by atoms with Gasteiger partial charge in [0.25, 0.3) is 5.91 Å². The molecule has 1 aromatic carbocycles. The third-order valence-electron chi connectivity index (χ3n) is 4.45. The Morgan fingerprint density at radius 1 is 1.08 bits per heavy atom. The van der Waals surface area contributed by atoms with Crippen LogP contribution in [0.1, 0.15) is 27.2 Å². The van der Waals surface area contributed by atoms with Crippen molar-refractivity contribution < 1.29 is 9.21 Å². The minimum atomic E-state index is -0.307. The van der Waals surface area contributed by atoms with E-state index in [1.165, 1.54) is 0 Å². The average molecular weight is 346 g/mol. The quantitative estimate of drug-likeness (QED) is 0.604. The second kappa shape index (κ2) is 6.15. The Labute approximate surface area is 150 Å². The molecule has 3 aromatic heterocycles. The molecule has 0 atom stereocenters. The normalized spacial score (nSPS) is 11.0. The summed E-state index contributed by atoms with van der Waals surface area (Å²) < 4.78 is 7.53. The van der Waals surface area contributed by atoms with Crippen molar-refractivity contribution in [1.29, 1.82) is 0 Å². The lowest BCUT2D eigenvalue weighted by Gasteiger charge is -2.09. The molecule has 0 saturated heterocycles. The van der Waals surface area contributed by atoms with Gasteiger partial charge >= 0.3 is 0 Å². The first kappa shape index (κ1) is 16.1. The average Bonchev–Trinajstić information content (AvgIpc) is 3.27. The third kappa shape index (κ3) is 2.56. The summed E-state index contributed by atoms with van der Waals surface area (Å²) in [6.45, 7) is 5.90. The van der Waals surface area contributed by atoms with E-state index < -0.39 is 0 Å². The van der Waals surface area contributed by atoms with Gasteiger partial charge in [0.1, 0.15) is 5.58 Å². The Morgan fingerprint density at radius 2 is 1.88 bits per heavy atom. The number of furan rings is 1. The van der Waals surface area contributed by atoms with Crippen LogP contribution in [0.2, 0.25) is 0 Å². The van der Waals surface area contributed by atoms with Gasteiger partial charge in [-0.15, -0.1) is 0 Å². The van der Waals surface area contributed by atoms with Gasteiger partial charge in [0.15, 0.2) is 11.6 Å². The fraction of sp³-hybridized carbons (Fsp3) is 0.150. The van der Waals surface area contributed by atoms with Crippen molar-refractivity contribution in [3.8, 4) is 5.82 Å². The predicted molar refractivity (Wildman–Crippen MR) is 99.7 cm³/mol. The van der Waals surface area contributed by atoms with E-state index in [0.717, 1.165) is 27.7 Å². The number of fused-ring (bicyclic) bond motifs is 1. The first-order valence-corrected chi connectivity index (χ1v) is 8.32. The number of pyridine rings is 1. The molecule has 0 saturated carbocycles. The predicted octanol–water partition coefficient (Wildman–Crippen LogP) is 4.19. The van der Waals surface area contributed by atoms with Crippen molar-refractivity contribution in [3.05, 3.63) is 71.4 Å². The zero-order valence-corrected chi connectivity index (χ0v) is 14.8. The molecular formula is C20H18N4O2. The summed E-state index contributed by atoms with van der Waals surface area (Å²) in [6, 6.07) is 9.39. The number of aromatic nitrogens is 3. The van der Waals surface area contributed by atoms with Gasteiger partial charge < -0.3 is 9.73 Å². The fourth-order valence-electron chi connectivity index (χ4n) is 3.14. The van der Waals surface area contributed by atoms with Crippen LogP contribution in [0.15, 0.2) is 53.3 Å². The van der Waals surface area contributed by atoms with E-state index in [-0.39, 0.29) is 5.91 Å². The fourth-order valence-corrected chi connectivity index (χ4v) is 3.14. The molecular weight excluding hydrogens is 328 g/mol. The van der Waals surface area contributed by atoms with Gasteiger partial charge in [0, 0.05) is 29.5 Å². The van der Waals surface area contributed by atoms with Gasteiger partial charge in [0.05, 0.1) is 5.69 Å². The molecule has 1 N–H and O–H groups in total. The van der Waals surface area contributed by atoms with E-state index in [1.54, 1.807) is 41.5 Å². The molecule has 0 aliphatic heterocycles. The van der Waals surface area contributed by atoms with Crippen molar-refractivity contribution in [3.63, 3.8) is 0 Å². The Balaban J connectivity index is 1.75. The highest BCUT2D eigenvalue weighted by atomic mass is 16.3.